The van der Waals surface area contributed by atoms with E-state index in [1.807, 2.05) is 6.07 Å². The number of piperidine rings is 1. The zero-order valence-electron chi connectivity index (χ0n) is 25.7. The summed E-state index contributed by atoms with van der Waals surface area (Å²) in [4.78, 5) is 70.7. The minimum Gasteiger partial charge on any atom is -0.507 e. The number of ketones is 4. The number of nitrogens with two attached hydrogens (primary N) is 1. The highest BCUT2D eigenvalue weighted by molar-refractivity contribution is 6.32. The molecule has 0 bridgehead atoms. The predicted molar refractivity (Wildman–Crippen MR) is 162 cm³/mol. The van der Waals surface area contributed by atoms with E-state index in [9.17, 15) is 34.2 Å². The summed E-state index contributed by atoms with van der Waals surface area (Å²) in [5, 5.41) is 22.9. The second-order valence-electron chi connectivity index (χ2n) is 13.2. The number of nitrogens with zero attached hydrogens (tertiary/aromatic N) is 2. The number of carbonyl (C=O) groups excluding carboxylic acids is 5. The number of fused-ring (bicyclic) bond motifs is 3. The zero-order valence-corrected chi connectivity index (χ0v) is 25.7. The maximum Gasteiger partial charge on any atom is 0.235 e. The monoisotopic (exact) mass is 617 g/mol. The van der Waals surface area contributed by atoms with Gasteiger partial charge in [-0.15, -0.1) is 0 Å². The molecule has 11 heteroatoms. The minimum absolute atomic E-state index is 0.00889. The fourth-order valence-electron chi connectivity index (χ4n) is 8.48. The summed E-state index contributed by atoms with van der Waals surface area (Å²) < 4.78 is 5.85. The summed E-state index contributed by atoms with van der Waals surface area (Å²) in [7, 11) is 4.62. The molecule has 6 rings (SSSR count). The van der Waals surface area contributed by atoms with Crippen LogP contribution in [0.5, 0.6) is 11.5 Å². The molecule has 1 heterocycles. The molecule has 1 saturated heterocycles. The van der Waals surface area contributed by atoms with Crippen molar-refractivity contribution in [3.8, 4) is 11.5 Å². The van der Waals surface area contributed by atoms with Gasteiger partial charge in [-0.3, -0.25) is 33.8 Å². The maximum absolute atomic E-state index is 14.0. The smallest absolute Gasteiger partial charge is 0.235 e. The van der Waals surface area contributed by atoms with Crippen LogP contribution < -0.4 is 10.5 Å². The largest absolute Gasteiger partial charge is 0.507 e. The molecule has 11 nitrogen and oxygen atoms in total. The van der Waals surface area contributed by atoms with Crippen molar-refractivity contribution < 1.29 is 38.9 Å². The van der Waals surface area contributed by atoms with E-state index in [1.165, 1.54) is 23.6 Å². The molecule has 6 atom stereocenters. The number of aromatic hydroxyl groups is 1. The van der Waals surface area contributed by atoms with Gasteiger partial charge in [0.25, 0.3) is 0 Å². The number of amides is 1. The summed E-state index contributed by atoms with van der Waals surface area (Å²) in [6, 6.07) is 10.8. The van der Waals surface area contributed by atoms with Crippen molar-refractivity contribution in [1.29, 1.82) is 0 Å². The first kappa shape index (κ1) is 31.1. The van der Waals surface area contributed by atoms with Crippen LogP contribution >= 0.6 is 0 Å². The van der Waals surface area contributed by atoms with Gasteiger partial charge >= 0.3 is 0 Å². The predicted octanol–water partition coefficient (Wildman–Crippen LogP) is 1.26. The van der Waals surface area contributed by atoms with E-state index < -0.39 is 64.4 Å². The van der Waals surface area contributed by atoms with Gasteiger partial charge in [0.05, 0.1) is 24.6 Å². The Balaban J connectivity index is 1.32. The van der Waals surface area contributed by atoms with Crippen LogP contribution in [0.4, 0.5) is 0 Å². The Morgan fingerprint density at radius 1 is 1.09 bits per heavy atom. The van der Waals surface area contributed by atoms with Crippen molar-refractivity contribution in [2.24, 2.45) is 29.4 Å². The first-order valence-electron chi connectivity index (χ1n) is 15.4. The molecule has 4 aliphatic rings. The van der Waals surface area contributed by atoms with Gasteiger partial charge in [0.2, 0.25) is 5.91 Å². The molecule has 3 fully saturated rings. The molecular weight excluding hydrogens is 578 g/mol. The van der Waals surface area contributed by atoms with Crippen molar-refractivity contribution in [3.63, 3.8) is 0 Å². The van der Waals surface area contributed by atoms with Crippen LogP contribution in [0.3, 0.4) is 0 Å². The fraction of sp³-hybridized carbons (Fsp3) is 0.500. The van der Waals surface area contributed by atoms with E-state index in [1.54, 1.807) is 14.1 Å². The van der Waals surface area contributed by atoms with E-state index >= 15 is 0 Å². The maximum atomic E-state index is 14.0. The van der Waals surface area contributed by atoms with Crippen LogP contribution in [0.15, 0.2) is 36.4 Å². The molecule has 0 spiro atoms. The number of methoxy groups -OCH3 is 1. The number of primary amides is 1. The van der Waals surface area contributed by atoms with Gasteiger partial charge in [-0.2, -0.15) is 0 Å². The SMILES string of the molecule is COc1c(CN2CCC(c3ccccc3)CC2)cc(O)c2c1C[C@H]1C[C@H]3[C@H](N(C)C)C(=O)C(C(N)=O)C(=O)[C@@]3(O)C(=O)C1C2=O. The average molecular weight is 618 g/mol. The topological polar surface area (TPSA) is 168 Å². The lowest BCUT2D eigenvalue weighted by Gasteiger charge is -2.52. The molecular formula is C34H39N3O8. The second-order valence-corrected chi connectivity index (χ2v) is 13.2. The Morgan fingerprint density at radius 3 is 2.36 bits per heavy atom. The molecule has 0 aromatic heterocycles. The quantitative estimate of drug-likeness (QED) is 0.402. The Morgan fingerprint density at radius 2 is 1.76 bits per heavy atom. The van der Waals surface area contributed by atoms with E-state index in [-0.39, 0.29) is 24.2 Å². The molecule has 45 heavy (non-hydrogen) atoms. The molecule has 2 aromatic rings. The molecule has 0 radical (unpaired) electrons. The first-order chi connectivity index (χ1) is 21.4. The van der Waals surface area contributed by atoms with Gasteiger partial charge in [-0.25, -0.2) is 0 Å². The van der Waals surface area contributed by atoms with Crippen molar-refractivity contribution >= 4 is 29.0 Å². The molecule has 1 amide bonds. The van der Waals surface area contributed by atoms with Gasteiger partial charge in [-0.1, -0.05) is 30.3 Å². The Labute approximate surface area is 261 Å². The van der Waals surface area contributed by atoms with Crippen molar-refractivity contribution in [2.45, 2.75) is 49.8 Å². The number of phenolic OH excluding ortho intramolecular Hbond substituents is 1. The molecule has 3 aliphatic carbocycles. The fourth-order valence-corrected chi connectivity index (χ4v) is 8.48. The van der Waals surface area contributed by atoms with Crippen LogP contribution in [0.25, 0.3) is 0 Å². The summed E-state index contributed by atoms with van der Waals surface area (Å²) in [5.41, 5.74) is 5.09. The van der Waals surface area contributed by atoms with Gasteiger partial charge in [-0.05, 0) is 76.3 Å². The van der Waals surface area contributed by atoms with Crippen LogP contribution in [-0.2, 0) is 32.1 Å². The van der Waals surface area contributed by atoms with Gasteiger partial charge < -0.3 is 20.7 Å². The van der Waals surface area contributed by atoms with Crippen molar-refractivity contribution in [2.75, 3.05) is 34.3 Å². The Bertz CT molecular complexity index is 1580. The molecule has 4 N–H and O–H groups in total. The lowest BCUT2D eigenvalue weighted by atomic mass is 9.52. The summed E-state index contributed by atoms with van der Waals surface area (Å²) in [5.74, 6) is -9.72. The van der Waals surface area contributed by atoms with E-state index in [2.05, 4.69) is 29.2 Å². The summed E-state index contributed by atoms with van der Waals surface area (Å²) >= 11 is 0. The molecule has 1 aliphatic heterocycles. The molecule has 238 valence electrons. The van der Waals surface area contributed by atoms with Gasteiger partial charge in [0, 0.05) is 23.6 Å². The number of phenols is 1. The minimum atomic E-state index is -2.75. The highest BCUT2D eigenvalue weighted by Gasteiger charge is 2.69. The third-order valence-corrected chi connectivity index (χ3v) is 10.5. The highest BCUT2D eigenvalue weighted by Crippen LogP contribution is 2.52. The van der Waals surface area contributed by atoms with Gasteiger partial charge in [0.15, 0.2) is 34.7 Å². The standard InChI is InChI=1S/C34H39N3O8/c1-36(2)27-22-14-19-13-21-25(28(39)24(19)31(41)34(22,44)32(42)26(29(27)40)33(35)43)23(38)15-20(30(21)45-3)16-37-11-9-18(10-12-37)17-7-5-4-6-8-17/h4-8,15,18-19,22,24,26-27,38,44H,9-14,16H2,1-3H3,(H2,35,43)/t19-,22-,24?,26?,27-,34-/m0/s1. The molecule has 2 unspecified atom stereocenters. The van der Waals surface area contributed by atoms with Crippen LogP contribution in [0.2, 0.25) is 0 Å². The number of aliphatic hydroxyl groups is 1. The third-order valence-electron chi connectivity index (χ3n) is 10.5. The summed E-state index contributed by atoms with van der Waals surface area (Å²) in [6.45, 7) is 2.19. The number of carbonyl (C=O) groups is 5. The van der Waals surface area contributed by atoms with Crippen molar-refractivity contribution in [1.82, 2.24) is 9.80 Å². The summed E-state index contributed by atoms with van der Waals surface area (Å²) in [6.07, 6.45) is 2.12. The number of likely N-dealkylation sites (tertiary alicyclic amines) is 1. The molecule has 2 aromatic carbocycles. The number of benzene rings is 2. The van der Waals surface area contributed by atoms with E-state index in [0.29, 0.717) is 23.8 Å². The second kappa shape index (κ2) is 11.5. The first-order valence-corrected chi connectivity index (χ1v) is 15.4. The number of likely N-dealkylation sites (N-methyl/N-ethyl adjacent to an activating group) is 1. The lowest BCUT2D eigenvalue weighted by Crippen LogP contribution is -2.74. The average Bonchev–Trinajstić information content (AvgIpc) is 2.99. The van der Waals surface area contributed by atoms with Crippen molar-refractivity contribution in [3.05, 3.63) is 58.7 Å². The zero-order chi connectivity index (χ0) is 32.4. The van der Waals surface area contributed by atoms with E-state index in [4.69, 9.17) is 10.5 Å². The lowest BCUT2D eigenvalue weighted by molar-refractivity contribution is -0.181. The number of rotatable bonds is 6. The Hall–Kier alpha value is -3.93. The van der Waals surface area contributed by atoms with Crippen LogP contribution in [-0.4, -0.2) is 95.0 Å². The van der Waals surface area contributed by atoms with Crippen LogP contribution in [0.1, 0.15) is 52.2 Å². The number of ether oxygens (including phenoxy) is 1. The number of hydrogen-bond donors (Lipinski definition) is 3. The van der Waals surface area contributed by atoms with E-state index in [0.717, 1.165) is 31.5 Å². The molecule has 2 saturated carbocycles. The number of hydrogen-bond acceptors (Lipinski definition) is 10. The van der Waals surface area contributed by atoms with Gasteiger partial charge in [0.1, 0.15) is 11.5 Å². The van der Waals surface area contributed by atoms with Crippen LogP contribution in [0, 0.1) is 23.7 Å². The normalized spacial score (nSPS) is 30.6. The Kier molecular flexibility index (Phi) is 7.91. The third kappa shape index (κ3) is 4.79. The number of Topliss-reactive ketones (excluding diaryl/α,β-unsaturated/α-hetero) is 4. The highest BCUT2D eigenvalue weighted by atomic mass is 16.5.